The second-order valence-electron chi connectivity index (χ2n) is 6.43. The van der Waals surface area contributed by atoms with Crippen LogP contribution in [-0.2, 0) is 14.1 Å². The summed E-state index contributed by atoms with van der Waals surface area (Å²) in [6.45, 7) is 5.35. The van der Waals surface area contributed by atoms with Crippen molar-refractivity contribution in [3.63, 3.8) is 0 Å². The summed E-state index contributed by atoms with van der Waals surface area (Å²) >= 11 is 1.70. The molecule has 1 aliphatic heterocycles. The molecule has 130 valence electrons. The smallest absolute Gasteiger partial charge is 0.303 e. The maximum atomic E-state index is 12.6. The Labute approximate surface area is 145 Å². The molecule has 0 unspecified atom stereocenters. The van der Waals surface area contributed by atoms with Crippen LogP contribution in [0.15, 0.2) is 20.7 Å². The molecule has 0 atom stereocenters. The van der Waals surface area contributed by atoms with Crippen LogP contribution >= 0.6 is 11.8 Å². The van der Waals surface area contributed by atoms with Crippen molar-refractivity contribution in [3.8, 4) is 0 Å². The molecule has 0 bridgehead atoms. The second-order valence-corrected chi connectivity index (χ2v) is 7.53. The van der Waals surface area contributed by atoms with Gasteiger partial charge in [0.25, 0.3) is 5.56 Å². The van der Waals surface area contributed by atoms with Gasteiger partial charge in [-0.15, -0.1) is 11.8 Å². The summed E-state index contributed by atoms with van der Waals surface area (Å²) in [6.07, 6.45) is 5.65. The minimum atomic E-state index is -0.340. The zero-order valence-corrected chi connectivity index (χ0v) is 15.4. The largest absolute Gasteiger partial charge is 0.332 e. The lowest BCUT2D eigenvalue weighted by Crippen LogP contribution is -2.37. The van der Waals surface area contributed by atoms with E-state index in [1.165, 1.54) is 44.0 Å². The van der Waals surface area contributed by atoms with Gasteiger partial charge < -0.3 is 4.90 Å². The number of likely N-dealkylation sites (tertiary alicyclic amines) is 1. The van der Waals surface area contributed by atoms with E-state index < -0.39 is 0 Å². The second kappa shape index (κ2) is 7.11. The van der Waals surface area contributed by atoms with Crippen molar-refractivity contribution in [2.75, 3.05) is 25.4 Å². The van der Waals surface area contributed by atoms with Gasteiger partial charge in [0, 0.05) is 37.5 Å². The Balaban J connectivity index is 1.93. The summed E-state index contributed by atoms with van der Waals surface area (Å²) in [5.74, 6) is 0.936. The number of nitrogens with zero attached hydrogens (tertiary/aromatic N) is 4. The summed E-state index contributed by atoms with van der Waals surface area (Å²) in [7, 11) is 3.18. The van der Waals surface area contributed by atoms with E-state index in [9.17, 15) is 9.59 Å². The van der Waals surface area contributed by atoms with Crippen molar-refractivity contribution in [2.24, 2.45) is 14.1 Å². The van der Waals surface area contributed by atoms with Gasteiger partial charge >= 0.3 is 5.69 Å². The fraction of sp³-hybridized carbons (Fsp3) is 0.588. The SMILES string of the molecule is Cc1cnc2c(c1SCCN1CCCCC1)c(=O)n(C)c(=O)n2C. The van der Waals surface area contributed by atoms with Crippen molar-refractivity contribution in [1.82, 2.24) is 19.0 Å². The third-order valence-electron chi connectivity index (χ3n) is 4.70. The minimum absolute atomic E-state index is 0.259. The number of hydrogen-bond acceptors (Lipinski definition) is 5. The zero-order chi connectivity index (χ0) is 17.3. The van der Waals surface area contributed by atoms with Gasteiger partial charge in [-0.25, -0.2) is 9.78 Å². The van der Waals surface area contributed by atoms with Crippen LogP contribution in [0.4, 0.5) is 0 Å². The Kier molecular flexibility index (Phi) is 5.10. The molecule has 2 aromatic rings. The van der Waals surface area contributed by atoms with E-state index in [-0.39, 0.29) is 11.2 Å². The topological polar surface area (TPSA) is 60.1 Å². The molecule has 2 aromatic heterocycles. The molecule has 1 saturated heterocycles. The van der Waals surface area contributed by atoms with E-state index in [1.807, 2.05) is 6.92 Å². The predicted molar refractivity (Wildman–Crippen MR) is 98.0 cm³/mol. The van der Waals surface area contributed by atoms with E-state index >= 15 is 0 Å². The normalized spacial score (nSPS) is 16.0. The highest BCUT2D eigenvalue weighted by Crippen LogP contribution is 2.27. The fourth-order valence-electron chi connectivity index (χ4n) is 3.24. The molecular weight excluding hydrogens is 324 g/mol. The lowest BCUT2D eigenvalue weighted by molar-refractivity contribution is 0.242. The summed E-state index contributed by atoms with van der Waals surface area (Å²) in [5.41, 5.74) is 0.856. The predicted octanol–water partition coefficient (Wildman–Crippen LogP) is 1.52. The fourth-order valence-corrected chi connectivity index (χ4v) is 4.40. The van der Waals surface area contributed by atoms with Crippen molar-refractivity contribution in [3.05, 3.63) is 32.6 Å². The first-order valence-corrected chi connectivity index (χ1v) is 9.39. The van der Waals surface area contributed by atoms with Gasteiger partial charge in [0.15, 0.2) is 0 Å². The van der Waals surface area contributed by atoms with Gasteiger partial charge in [-0.1, -0.05) is 6.42 Å². The highest BCUT2D eigenvalue weighted by Gasteiger charge is 2.16. The number of rotatable bonds is 4. The monoisotopic (exact) mass is 348 g/mol. The quantitative estimate of drug-likeness (QED) is 0.784. The van der Waals surface area contributed by atoms with Gasteiger partial charge in [0.1, 0.15) is 5.65 Å². The van der Waals surface area contributed by atoms with Crippen molar-refractivity contribution in [2.45, 2.75) is 31.1 Å². The van der Waals surface area contributed by atoms with Crippen LogP contribution < -0.4 is 11.2 Å². The number of aromatic nitrogens is 3. The van der Waals surface area contributed by atoms with Gasteiger partial charge in [-0.05, 0) is 38.4 Å². The molecule has 0 aliphatic carbocycles. The Morgan fingerprint density at radius 3 is 2.54 bits per heavy atom. The Hall–Kier alpha value is -1.60. The highest BCUT2D eigenvalue weighted by molar-refractivity contribution is 7.99. The first kappa shape index (κ1) is 17.2. The molecule has 3 rings (SSSR count). The van der Waals surface area contributed by atoms with Crippen molar-refractivity contribution in [1.29, 1.82) is 0 Å². The van der Waals surface area contributed by atoms with Crippen LogP contribution in [0, 0.1) is 6.92 Å². The molecule has 0 saturated carbocycles. The van der Waals surface area contributed by atoms with Gasteiger partial charge in [0.05, 0.1) is 5.39 Å². The lowest BCUT2D eigenvalue weighted by Gasteiger charge is -2.26. The van der Waals surface area contributed by atoms with Crippen LogP contribution in [0.5, 0.6) is 0 Å². The van der Waals surface area contributed by atoms with E-state index in [2.05, 4.69) is 9.88 Å². The first-order valence-electron chi connectivity index (χ1n) is 8.41. The molecule has 3 heterocycles. The molecule has 1 aliphatic rings. The molecule has 24 heavy (non-hydrogen) atoms. The van der Waals surface area contributed by atoms with Crippen LogP contribution in [0.2, 0.25) is 0 Å². The average molecular weight is 348 g/mol. The first-order chi connectivity index (χ1) is 11.5. The zero-order valence-electron chi connectivity index (χ0n) is 14.5. The minimum Gasteiger partial charge on any atom is -0.303 e. The molecule has 7 heteroatoms. The van der Waals surface area contributed by atoms with Crippen LogP contribution in [-0.4, -0.2) is 44.4 Å². The lowest BCUT2D eigenvalue weighted by atomic mass is 10.1. The third kappa shape index (κ3) is 3.15. The number of thioether (sulfide) groups is 1. The molecule has 0 N–H and O–H groups in total. The molecule has 6 nitrogen and oxygen atoms in total. The van der Waals surface area contributed by atoms with Gasteiger partial charge in [-0.2, -0.15) is 0 Å². The molecule has 0 amide bonds. The van der Waals surface area contributed by atoms with E-state index in [1.54, 1.807) is 25.0 Å². The van der Waals surface area contributed by atoms with Crippen LogP contribution in [0.1, 0.15) is 24.8 Å². The summed E-state index contributed by atoms with van der Waals surface area (Å²) in [5, 5.41) is 0.559. The van der Waals surface area contributed by atoms with E-state index in [0.29, 0.717) is 11.0 Å². The van der Waals surface area contributed by atoms with Crippen LogP contribution in [0.25, 0.3) is 11.0 Å². The maximum absolute atomic E-state index is 12.6. The maximum Gasteiger partial charge on any atom is 0.332 e. The number of pyridine rings is 1. The van der Waals surface area contributed by atoms with E-state index in [0.717, 1.165) is 27.3 Å². The standard InChI is InChI=1S/C17H24N4O2S/c1-12-11-18-15-13(16(22)20(3)17(23)19(15)2)14(12)24-10-9-21-7-5-4-6-8-21/h11H,4-10H2,1-3H3. The molecular formula is C17H24N4O2S. The number of piperidine rings is 1. The van der Waals surface area contributed by atoms with Crippen molar-refractivity contribution >= 4 is 22.8 Å². The van der Waals surface area contributed by atoms with E-state index in [4.69, 9.17) is 0 Å². The third-order valence-corrected chi connectivity index (χ3v) is 5.90. The number of aryl methyl sites for hydroxylation is 2. The Morgan fingerprint density at radius 2 is 1.83 bits per heavy atom. The molecule has 1 fully saturated rings. The molecule has 0 aromatic carbocycles. The Morgan fingerprint density at radius 1 is 1.12 bits per heavy atom. The summed E-state index contributed by atoms with van der Waals surface area (Å²) in [6, 6.07) is 0. The van der Waals surface area contributed by atoms with Crippen LogP contribution in [0.3, 0.4) is 0 Å². The average Bonchev–Trinajstić information content (AvgIpc) is 2.60. The number of hydrogen-bond donors (Lipinski definition) is 0. The highest BCUT2D eigenvalue weighted by atomic mass is 32.2. The summed E-state index contributed by atoms with van der Waals surface area (Å²) < 4.78 is 2.61. The van der Waals surface area contributed by atoms with Crippen molar-refractivity contribution < 1.29 is 0 Å². The number of fused-ring (bicyclic) bond motifs is 1. The van der Waals surface area contributed by atoms with Gasteiger partial charge in [0.2, 0.25) is 0 Å². The Bertz CT molecular complexity index is 865. The summed E-state index contributed by atoms with van der Waals surface area (Å²) in [4.78, 5) is 32.5. The molecule has 0 radical (unpaired) electrons. The van der Waals surface area contributed by atoms with Gasteiger partial charge in [-0.3, -0.25) is 13.9 Å². The molecule has 0 spiro atoms.